The van der Waals surface area contributed by atoms with Crippen molar-refractivity contribution in [1.29, 1.82) is 0 Å². The Labute approximate surface area is 133 Å². The molecular formula is C16H22F3N3O. The number of aromatic nitrogens is 2. The van der Waals surface area contributed by atoms with Crippen LogP contribution in [-0.4, -0.2) is 28.5 Å². The monoisotopic (exact) mass is 329 g/mol. The highest BCUT2D eigenvalue weighted by molar-refractivity contribution is 5.22. The van der Waals surface area contributed by atoms with Gasteiger partial charge in [0.05, 0.1) is 6.10 Å². The van der Waals surface area contributed by atoms with Crippen molar-refractivity contribution >= 4 is 0 Å². The van der Waals surface area contributed by atoms with Crippen LogP contribution in [0, 0.1) is 11.3 Å². The maximum atomic E-state index is 13.1. The van der Waals surface area contributed by atoms with Crippen LogP contribution in [0.25, 0.3) is 0 Å². The number of nitrogens with one attached hydrogen (secondary N) is 1. The second-order valence-corrected chi connectivity index (χ2v) is 7.22. The third-order valence-corrected chi connectivity index (χ3v) is 5.97. The highest BCUT2D eigenvalue weighted by Crippen LogP contribution is 2.60. The smallest absolute Gasteiger partial charge is 0.377 e. The van der Waals surface area contributed by atoms with E-state index >= 15 is 0 Å². The molecule has 1 aromatic heterocycles. The summed E-state index contributed by atoms with van der Waals surface area (Å²) in [6.45, 7) is 1.01. The van der Waals surface area contributed by atoms with Crippen molar-refractivity contribution in [3.8, 4) is 0 Å². The maximum Gasteiger partial charge on any atom is 0.435 e. The van der Waals surface area contributed by atoms with Crippen molar-refractivity contribution in [2.24, 2.45) is 18.4 Å². The van der Waals surface area contributed by atoms with Crippen LogP contribution >= 0.6 is 0 Å². The van der Waals surface area contributed by atoms with Crippen LogP contribution in [0.2, 0.25) is 0 Å². The zero-order chi connectivity index (χ0) is 16.2. The van der Waals surface area contributed by atoms with Crippen LogP contribution in [0.1, 0.15) is 43.4 Å². The molecule has 4 rings (SSSR count). The van der Waals surface area contributed by atoms with Crippen molar-refractivity contribution in [3.05, 3.63) is 17.5 Å². The van der Waals surface area contributed by atoms with E-state index in [4.69, 9.17) is 4.74 Å². The van der Waals surface area contributed by atoms with Crippen molar-refractivity contribution in [3.63, 3.8) is 0 Å². The van der Waals surface area contributed by atoms with Gasteiger partial charge in [-0.15, -0.1) is 0 Å². The largest absolute Gasteiger partial charge is 0.435 e. The summed E-state index contributed by atoms with van der Waals surface area (Å²) >= 11 is 0. The Morgan fingerprint density at radius 2 is 2.13 bits per heavy atom. The molecule has 23 heavy (non-hydrogen) atoms. The third-order valence-electron chi connectivity index (χ3n) is 5.97. The van der Waals surface area contributed by atoms with Crippen molar-refractivity contribution in [2.45, 2.75) is 57.0 Å². The number of halogens is 3. The summed E-state index contributed by atoms with van der Waals surface area (Å²) in [6.07, 6.45) is 3.06. The SMILES string of the molecule is Cn1cc(CN[C@@H]2[C@H]3CCO[C@H]3C23CCCC3)c(C(F)(F)F)n1. The van der Waals surface area contributed by atoms with Gasteiger partial charge in [0.15, 0.2) is 5.69 Å². The quantitative estimate of drug-likeness (QED) is 0.927. The number of fused-ring (bicyclic) bond motifs is 2. The molecule has 1 N–H and O–H groups in total. The lowest BCUT2D eigenvalue weighted by molar-refractivity contribution is -0.143. The molecule has 3 fully saturated rings. The molecule has 1 aliphatic heterocycles. The average Bonchev–Trinajstić information content (AvgIpc) is 3.15. The number of aryl methyl sites for hydroxylation is 1. The molecule has 2 aliphatic carbocycles. The first-order valence-corrected chi connectivity index (χ1v) is 8.36. The van der Waals surface area contributed by atoms with Crippen molar-refractivity contribution in [1.82, 2.24) is 15.1 Å². The van der Waals surface area contributed by atoms with Gasteiger partial charge >= 0.3 is 6.18 Å². The van der Waals surface area contributed by atoms with E-state index in [2.05, 4.69) is 10.4 Å². The molecule has 0 radical (unpaired) electrons. The third kappa shape index (κ3) is 2.31. The van der Waals surface area contributed by atoms with Gasteiger partial charge in [-0.3, -0.25) is 4.68 Å². The summed E-state index contributed by atoms with van der Waals surface area (Å²) in [4.78, 5) is 0. The minimum absolute atomic E-state index is 0.155. The summed E-state index contributed by atoms with van der Waals surface area (Å²) in [7, 11) is 1.53. The zero-order valence-corrected chi connectivity index (χ0v) is 13.2. The topological polar surface area (TPSA) is 39.1 Å². The van der Waals surface area contributed by atoms with Gasteiger partial charge in [-0.25, -0.2) is 0 Å². The maximum absolute atomic E-state index is 13.1. The van der Waals surface area contributed by atoms with Crippen LogP contribution in [0.4, 0.5) is 13.2 Å². The lowest BCUT2D eigenvalue weighted by atomic mass is 9.54. The van der Waals surface area contributed by atoms with Gasteiger partial charge in [0.25, 0.3) is 0 Å². The second kappa shape index (κ2) is 5.21. The highest BCUT2D eigenvalue weighted by atomic mass is 19.4. The molecule has 7 heteroatoms. The summed E-state index contributed by atoms with van der Waals surface area (Å²) in [5.41, 5.74) is -0.385. The van der Waals surface area contributed by atoms with Crippen LogP contribution < -0.4 is 5.32 Å². The Kier molecular flexibility index (Phi) is 3.50. The van der Waals surface area contributed by atoms with Gasteiger partial charge in [0.1, 0.15) is 0 Å². The lowest BCUT2D eigenvalue weighted by Gasteiger charge is -2.57. The zero-order valence-electron chi connectivity index (χ0n) is 13.2. The van der Waals surface area contributed by atoms with Crippen LogP contribution in [-0.2, 0) is 24.5 Å². The summed E-state index contributed by atoms with van der Waals surface area (Å²) in [6, 6.07) is 0.277. The Hall–Kier alpha value is -1.08. The van der Waals surface area contributed by atoms with Gasteiger partial charge in [-0.05, 0) is 19.3 Å². The normalized spacial score (nSPS) is 32.3. The van der Waals surface area contributed by atoms with Gasteiger partial charge in [-0.2, -0.15) is 18.3 Å². The molecule has 3 aliphatic rings. The van der Waals surface area contributed by atoms with E-state index in [9.17, 15) is 13.2 Å². The molecule has 0 bridgehead atoms. The van der Waals surface area contributed by atoms with Gasteiger partial charge in [0.2, 0.25) is 0 Å². The van der Waals surface area contributed by atoms with Gasteiger partial charge in [0, 0.05) is 49.3 Å². The van der Waals surface area contributed by atoms with E-state index in [1.807, 2.05) is 0 Å². The molecule has 1 spiro atoms. The minimum atomic E-state index is -4.40. The number of hydrogen-bond acceptors (Lipinski definition) is 3. The molecule has 4 nitrogen and oxygen atoms in total. The number of nitrogens with zero attached hydrogens (tertiary/aromatic N) is 2. The Bertz CT molecular complexity index is 592. The number of ether oxygens (including phenoxy) is 1. The number of hydrogen-bond donors (Lipinski definition) is 1. The molecule has 2 heterocycles. The van der Waals surface area contributed by atoms with E-state index in [1.165, 1.54) is 30.8 Å². The van der Waals surface area contributed by atoms with E-state index in [0.717, 1.165) is 25.9 Å². The molecule has 1 saturated heterocycles. The number of rotatable bonds is 3. The van der Waals surface area contributed by atoms with Crippen molar-refractivity contribution < 1.29 is 17.9 Å². The number of alkyl halides is 3. The van der Waals surface area contributed by atoms with Crippen molar-refractivity contribution in [2.75, 3.05) is 6.61 Å². The first-order chi connectivity index (χ1) is 10.9. The standard InChI is InChI=1S/C16H22F3N3O/c1-22-9-10(12(21-22)16(17,18)19)8-20-13-11-4-7-23-14(11)15(13)5-2-3-6-15/h9,11,13-14,20H,2-8H2,1H3/t11-,13-,14-/m1/s1. The fourth-order valence-electron chi connectivity index (χ4n) is 5.13. The van der Waals surface area contributed by atoms with E-state index < -0.39 is 11.9 Å². The molecule has 0 unspecified atom stereocenters. The predicted molar refractivity (Wildman–Crippen MR) is 77.6 cm³/mol. The second-order valence-electron chi connectivity index (χ2n) is 7.22. The molecular weight excluding hydrogens is 307 g/mol. The Morgan fingerprint density at radius 3 is 2.83 bits per heavy atom. The molecule has 2 saturated carbocycles. The molecule has 0 amide bonds. The summed E-state index contributed by atoms with van der Waals surface area (Å²) in [5, 5.41) is 7.02. The first kappa shape index (κ1) is 15.4. The summed E-state index contributed by atoms with van der Waals surface area (Å²) in [5.74, 6) is 0.458. The van der Waals surface area contributed by atoms with Gasteiger partial charge in [-0.1, -0.05) is 12.8 Å². The van der Waals surface area contributed by atoms with E-state index in [1.54, 1.807) is 0 Å². The van der Waals surface area contributed by atoms with E-state index in [-0.39, 0.29) is 23.6 Å². The molecule has 0 aromatic carbocycles. The van der Waals surface area contributed by atoms with Gasteiger partial charge < -0.3 is 10.1 Å². The fourth-order valence-corrected chi connectivity index (χ4v) is 5.13. The summed E-state index contributed by atoms with van der Waals surface area (Å²) < 4.78 is 46.4. The first-order valence-electron chi connectivity index (χ1n) is 8.36. The molecule has 3 atom stereocenters. The fraction of sp³-hybridized carbons (Fsp3) is 0.812. The minimum Gasteiger partial charge on any atom is -0.377 e. The highest BCUT2D eigenvalue weighted by Gasteiger charge is 2.64. The van der Waals surface area contributed by atoms with Crippen LogP contribution in [0.5, 0.6) is 0 Å². The molecule has 1 aromatic rings. The Balaban J connectivity index is 1.51. The van der Waals surface area contributed by atoms with E-state index in [0.29, 0.717) is 12.0 Å². The molecule has 128 valence electrons. The van der Waals surface area contributed by atoms with Crippen LogP contribution in [0.3, 0.4) is 0 Å². The van der Waals surface area contributed by atoms with Crippen LogP contribution in [0.15, 0.2) is 6.20 Å². The lowest BCUT2D eigenvalue weighted by Crippen LogP contribution is -2.67. The predicted octanol–water partition coefficient (Wildman–Crippen LogP) is 2.88. The average molecular weight is 329 g/mol. The Morgan fingerprint density at radius 1 is 1.39 bits per heavy atom.